The highest BCUT2D eigenvalue weighted by Gasteiger charge is 2.44. The van der Waals surface area contributed by atoms with Crippen molar-refractivity contribution in [1.82, 2.24) is 0 Å². The fraction of sp³-hybridized carbons (Fsp3) is 0.400. The first kappa shape index (κ1) is 21.9. The first-order valence-electron chi connectivity index (χ1n) is 8.87. The van der Waals surface area contributed by atoms with Gasteiger partial charge in [0.15, 0.2) is 0 Å². The second-order valence-electron chi connectivity index (χ2n) is 6.85. The van der Waals surface area contributed by atoms with Crippen molar-refractivity contribution in [1.29, 1.82) is 0 Å². The van der Waals surface area contributed by atoms with Crippen LogP contribution in [0.1, 0.15) is 22.8 Å². The second kappa shape index (κ2) is 8.91. The molecular weight excluding hydrogens is 410 g/mol. The maximum atomic E-state index is 14.3. The third kappa shape index (κ3) is 4.37. The van der Waals surface area contributed by atoms with Crippen molar-refractivity contribution in [2.24, 2.45) is 0 Å². The molecule has 5 atom stereocenters. The maximum Gasteiger partial charge on any atom is 0.133 e. The van der Waals surface area contributed by atoms with Crippen molar-refractivity contribution >= 4 is 11.6 Å². The van der Waals surface area contributed by atoms with Crippen molar-refractivity contribution in [3.05, 3.63) is 63.7 Å². The van der Waals surface area contributed by atoms with Crippen LogP contribution in [0.2, 0.25) is 5.02 Å². The van der Waals surface area contributed by atoms with Crippen molar-refractivity contribution in [3.8, 4) is 5.75 Å². The lowest BCUT2D eigenvalue weighted by atomic mass is 9.90. The van der Waals surface area contributed by atoms with Crippen LogP contribution in [-0.2, 0) is 11.2 Å². The Kier molecular flexibility index (Phi) is 6.72. The molecule has 9 heteroatoms. The highest BCUT2D eigenvalue weighted by Crippen LogP contribution is 2.35. The standard InChI is InChI=1S/C20H21ClF2O6/c1-28-11-6-14(22)12(15(23)7-11)5-10-4-9(2-3-13(10)21)20-19(27)18(26)17(25)16(8-24)29-20/h2-4,6-7,16-20,24-27H,5,8H2,1H3/t16-,17-,18+,19-,20+/m1/s1. The summed E-state index contributed by atoms with van der Waals surface area (Å²) in [4.78, 5) is 0. The predicted molar refractivity (Wildman–Crippen MR) is 99.9 cm³/mol. The summed E-state index contributed by atoms with van der Waals surface area (Å²) < 4.78 is 39.0. The van der Waals surface area contributed by atoms with Gasteiger partial charge in [0, 0.05) is 29.1 Å². The van der Waals surface area contributed by atoms with Crippen molar-refractivity contribution in [2.75, 3.05) is 13.7 Å². The van der Waals surface area contributed by atoms with E-state index in [1.54, 1.807) is 0 Å². The van der Waals surface area contributed by atoms with E-state index in [4.69, 9.17) is 21.1 Å². The molecule has 0 saturated carbocycles. The molecule has 0 amide bonds. The molecule has 0 radical (unpaired) electrons. The van der Waals surface area contributed by atoms with Crippen LogP contribution < -0.4 is 4.74 Å². The van der Waals surface area contributed by atoms with Gasteiger partial charge in [-0.25, -0.2) is 8.78 Å². The van der Waals surface area contributed by atoms with Gasteiger partial charge < -0.3 is 29.9 Å². The zero-order valence-electron chi connectivity index (χ0n) is 15.4. The number of aliphatic hydroxyl groups excluding tert-OH is 4. The van der Waals surface area contributed by atoms with Crippen LogP contribution in [0.25, 0.3) is 0 Å². The summed E-state index contributed by atoms with van der Waals surface area (Å²) in [5, 5.41) is 39.8. The van der Waals surface area contributed by atoms with Crippen LogP contribution >= 0.6 is 11.6 Å². The molecule has 0 spiro atoms. The topological polar surface area (TPSA) is 99.4 Å². The summed E-state index contributed by atoms with van der Waals surface area (Å²) in [5.74, 6) is -1.54. The van der Waals surface area contributed by atoms with E-state index in [1.807, 2.05) is 0 Å². The van der Waals surface area contributed by atoms with Gasteiger partial charge in [-0.15, -0.1) is 0 Å². The molecule has 1 aliphatic rings. The molecule has 29 heavy (non-hydrogen) atoms. The molecule has 4 N–H and O–H groups in total. The Labute approximate surface area is 170 Å². The van der Waals surface area contributed by atoms with Crippen LogP contribution in [0.4, 0.5) is 8.78 Å². The van der Waals surface area contributed by atoms with Gasteiger partial charge in [0.1, 0.15) is 47.9 Å². The predicted octanol–water partition coefficient (Wildman–Crippen LogP) is 1.73. The number of methoxy groups -OCH3 is 1. The number of hydrogen-bond acceptors (Lipinski definition) is 6. The van der Waals surface area contributed by atoms with Crippen LogP contribution in [0.3, 0.4) is 0 Å². The first-order chi connectivity index (χ1) is 13.8. The minimum atomic E-state index is -1.54. The molecule has 2 aromatic carbocycles. The molecule has 2 aromatic rings. The molecule has 0 unspecified atom stereocenters. The van der Waals surface area contributed by atoms with E-state index < -0.39 is 48.8 Å². The van der Waals surface area contributed by atoms with Gasteiger partial charge in [-0.2, -0.15) is 0 Å². The van der Waals surface area contributed by atoms with Gasteiger partial charge in [-0.3, -0.25) is 0 Å². The van der Waals surface area contributed by atoms with Gasteiger partial charge in [-0.1, -0.05) is 23.7 Å². The number of benzene rings is 2. The van der Waals surface area contributed by atoms with Crippen molar-refractivity contribution in [2.45, 2.75) is 36.9 Å². The van der Waals surface area contributed by atoms with E-state index in [0.717, 1.165) is 12.1 Å². The van der Waals surface area contributed by atoms with Gasteiger partial charge in [-0.05, 0) is 17.2 Å². The zero-order valence-corrected chi connectivity index (χ0v) is 16.2. The fourth-order valence-corrected chi connectivity index (χ4v) is 3.53. The molecular formula is C20H21ClF2O6. The molecule has 0 bridgehead atoms. The average molecular weight is 431 g/mol. The Hall–Kier alpha value is -1.81. The Bertz CT molecular complexity index is 855. The summed E-state index contributed by atoms with van der Waals surface area (Å²) in [6, 6.07) is 6.63. The van der Waals surface area contributed by atoms with Crippen molar-refractivity contribution < 1.29 is 38.7 Å². The molecule has 1 aliphatic heterocycles. The number of aliphatic hydroxyl groups is 4. The lowest BCUT2D eigenvalue weighted by Crippen LogP contribution is -2.55. The molecule has 0 aliphatic carbocycles. The Morgan fingerprint density at radius 2 is 1.69 bits per heavy atom. The van der Waals surface area contributed by atoms with Gasteiger partial charge >= 0.3 is 0 Å². The SMILES string of the molecule is COc1cc(F)c(Cc2cc([C@@H]3O[C@H](CO)[C@@H](O)[C@H](O)[C@H]3O)ccc2Cl)c(F)c1. The summed E-state index contributed by atoms with van der Waals surface area (Å²) in [7, 11) is 1.30. The Morgan fingerprint density at radius 1 is 1.03 bits per heavy atom. The first-order valence-corrected chi connectivity index (χ1v) is 9.25. The Balaban J connectivity index is 1.93. The summed E-state index contributed by atoms with van der Waals surface area (Å²) in [5.41, 5.74) is 0.526. The quantitative estimate of drug-likeness (QED) is 0.576. The Morgan fingerprint density at radius 3 is 2.28 bits per heavy atom. The minimum Gasteiger partial charge on any atom is -0.497 e. The smallest absolute Gasteiger partial charge is 0.133 e. The normalized spacial score (nSPS) is 27.1. The van der Waals surface area contributed by atoms with Crippen LogP contribution in [0.5, 0.6) is 5.75 Å². The summed E-state index contributed by atoms with van der Waals surface area (Å²) in [6.07, 6.45) is -6.83. The van der Waals surface area contributed by atoms with Crippen LogP contribution in [0.15, 0.2) is 30.3 Å². The van der Waals surface area contributed by atoms with Crippen LogP contribution in [-0.4, -0.2) is 58.6 Å². The maximum absolute atomic E-state index is 14.3. The largest absolute Gasteiger partial charge is 0.497 e. The number of rotatable bonds is 5. The van der Waals surface area contributed by atoms with Crippen molar-refractivity contribution in [3.63, 3.8) is 0 Å². The summed E-state index contributed by atoms with van der Waals surface area (Å²) >= 11 is 6.19. The van der Waals surface area contributed by atoms with Gasteiger partial charge in [0.05, 0.1) is 13.7 Å². The zero-order chi connectivity index (χ0) is 21.3. The van der Waals surface area contributed by atoms with Gasteiger partial charge in [0.2, 0.25) is 0 Å². The molecule has 3 rings (SSSR count). The molecule has 6 nitrogen and oxygen atoms in total. The van der Waals surface area contributed by atoms with E-state index in [1.165, 1.54) is 25.3 Å². The third-order valence-corrected chi connectivity index (χ3v) is 5.38. The lowest BCUT2D eigenvalue weighted by molar-refractivity contribution is -0.231. The van der Waals surface area contributed by atoms with E-state index in [0.29, 0.717) is 11.1 Å². The van der Waals surface area contributed by atoms with Crippen LogP contribution in [0, 0.1) is 11.6 Å². The van der Waals surface area contributed by atoms with Gasteiger partial charge in [0.25, 0.3) is 0 Å². The lowest BCUT2D eigenvalue weighted by Gasteiger charge is -2.40. The minimum absolute atomic E-state index is 0.0462. The molecule has 1 heterocycles. The number of ether oxygens (including phenoxy) is 2. The highest BCUT2D eigenvalue weighted by molar-refractivity contribution is 6.31. The van der Waals surface area contributed by atoms with E-state index in [2.05, 4.69) is 0 Å². The second-order valence-corrected chi connectivity index (χ2v) is 7.25. The highest BCUT2D eigenvalue weighted by atomic mass is 35.5. The van der Waals surface area contributed by atoms with E-state index in [-0.39, 0.29) is 22.8 Å². The average Bonchev–Trinajstić information content (AvgIpc) is 2.70. The fourth-order valence-electron chi connectivity index (χ4n) is 3.34. The molecule has 0 aromatic heterocycles. The monoisotopic (exact) mass is 430 g/mol. The molecule has 158 valence electrons. The number of hydrogen-bond donors (Lipinski definition) is 4. The number of halogens is 3. The summed E-state index contributed by atoms with van der Waals surface area (Å²) in [6.45, 7) is -0.565. The third-order valence-electron chi connectivity index (χ3n) is 5.01. The van der Waals surface area contributed by atoms with E-state index in [9.17, 15) is 29.2 Å². The van der Waals surface area contributed by atoms with E-state index >= 15 is 0 Å². The molecule has 1 saturated heterocycles. The molecule has 1 fully saturated rings.